The first-order valence-corrected chi connectivity index (χ1v) is 15.9. The fraction of sp³-hybridized carbons (Fsp3) is 0.182. The van der Waals surface area contributed by atoms with Crippen molar-refractivity contribution in [2.24, 2.45) is 5.10 Å². The number of nitrogens with zero attached hydrogens (tertiary/aromatic N) is 2. The van der Waals surface area contributed by atoms with E-state index in [4.69, 9.17) is 30.5 Å². The minimum Gasteiger partial charge on any atom is -0.495 e. The van der Waals surface area contributed by atoms with Gasteiger partial charge in [0.05, 0.1) is 38.1 Å². The van der Waals surface area contributed by atoms with Crippen LogP contribution in [-0.4, -0.2) is 60.9 Å². The lowest BCUT2D eigenvalue weighted by Crippen LogP contribution is -2.39. The Balaban J connectivity index is 1.42. The number of amides is 2. The highest BCUT2D eigenvalue weighted by atomic mass is 35.5. The second-order valence-corrected chi connectivity index (χ2v) is 12.1. The van der Waals surface area contributed by atoms with E-state index < -0.39 is 22.5 Å². The molecule has 0 aliphatic heterocycles. The highest BCUT2D eigenvalue weighted by Gasteiger charge is 2.30. The Bertz CT molecular complexity index is 1820. The van der Waals surface area contributed by atoms with Crippen LogP contribution in [0.15, 0.2) is 101 Å². The maximum absolute atomic E-state index is 13.9. The van der Waals surface area contributed by atoms with Crippen LogP contribution in [-0.2, 0) is 26.2 Å². The van der Waals surface area contributed by atoms with Gasteiger partial charge in [-0.2, -0.15) is 5.10 Å². The molecule has 0 radical (unpaired) electrons. The number of nitrogens with one attached hydrogen (secondary N) is 2. The van der Waals surface area contributed by atoms with Gasteiger partial charge in [0.1, 0.15) is 18.0 Å². The number of hydrogen-bond acceptors (Lipinski definition) is 9. The van der Waals surface area contributed by atoms with Crippen LogP contribution in [0.2, 0.25) is 5.02 Å². The summed E-state index contributed by atoms with van der Waals surface area (Å²) < 4.78 is 50.1. The lowest BCUT2D eigenvalue weighted by molar-refractivity contribution is -0.123. The van der Waals surface area contributed by atoms with E-state index >= 15 is 0 Å². The first-order valence-electron chi connectivity index (χ1n) is 14.1. The molecule has 0 heterocycles. The van der Waals surface area contributed by atoms with Gasteiger partial charge in [-0.05, 0) is 65.7 Å². The highest BCUT2D eigenvalue weighted by Crippen LogP contribution is 2.37. The Labute approximate surface area is 277 Å². The molecule has 4 rings (SSSR count). The van der Waals surface area contributed by atoms with Crippen LogP contribution >= 0.6 is 11.6 Å². The van der Waals surface area contributed by atoms with Gasteiger partial charge in [-0.25, -0.2) is 13.8 Å². The number of hydrogen-bond donors (Lipinski definition) is 2. The van der Waals surface area contributed by atoms with Gasteiger partial charge in [-0.1, -0.05) is 41.9 Å². The van der Waals surface area contributed by atoms with Crippen LogP contribution in [0.1, 0.15) is 11.1 Å². The van der Waals surface area contributed by atoms with Gasteiger partial charge >= 0.3 is 0 Å². The van der Waals surface area contributed by atoms with Crippen molar-refractivity contribution in [3.8, 4) is 23.0 Å². The van der Waals surface area contributed by atoms with E-state index in [2.05, 4.69) is 15.8 Å². The summed E-state index contributed by atoms with van der Waals surface area (Å²) in [5.74, 6) is 0.143. The third kappa shape index (κ3) is 9.37. The topological polar surface area (TPSA) is 145 Å². The summed E-state index contributed by atoms with van der Waals surface area (Å²) in [6, 6.07) is 24.7. The van der Waals surface area contributed by atoms with Crippen LogP contribution < -0.4 is 34.0 Å². The number of rotatable bonds is 15. The fourth-order valence-corrected chi connectivity index (χ4v) is 5.86. The molecule has 0 spiro atoms. The van der Waals surface area contributed by atoms with E-state index in [1.807, 2.05) is 30.3 Å². The zero-order valence-corrected chi connectivity index (χ0v) is 27.4. The first-order chi connectivity index (χ1) is 22.6. The standard InChI is InChI=1S/C33H33ClN4O8S/c1-43-29-15-11-25(34)17-28(29)38(47(41,42)27-14-16-30(44-2)31(18-27)45-3)21-32(39)37-36-20-24-9-12-26(13-10-24)46-22-33(40)35-19-23-7-5-4-6-8-23/h4-18,20H,19,21-22H2,1-3H3,(H,35,40)(H,37,39)/b36-20-. The van der Waals surface area contributed by atoms with Crippen molar-refractivity contribution < 1.29 is 37.0 Å². The molecule has 2 amide bonds. The molecule has 0 atom stereocenters. The van der Waals surface area contributed by atoms with Gasteiger partial charge in [0.15, 0.2) is 18.1 Å². The van der Waals surface area contributed by atoms with Crippen LogP contribution in [0.5, 0.6) is 23.0 Å². The predicted octanol–water partition coefficient (Wildman–Crippen LogP) is 4.41. The Hall–Kier alpha value is -5.27. The van der Waals surface area contributed by atoms with Gasteiger partial charge < -0.3 is 24.3 Å². The number of methoxy groups -OCH3 is 3. The van der Waals surface area contributed by atoms with Crippen LogP contribution in [0.3, 0.4) is 0 Å². The van der Waals surface area contributed by atoms with Crippen molar-refractivity contribution in [2.75, 3.05) is 38.8 Å². The average Bonchev–Trinajstić information content (AvgIpc) is 3.09. The highest BCUT2D eigenvalue weighted by molar-refractivity contribution is 7.92. The SMILES string of the molecule is COc1ccc(S(=O)(=O)N(CC(=O)N/N=C\c2ccc(OCC(=O)NCc3ccccc3)cc2)c2cc(Cl)ccc2OC)cc1OC. The molecule has 0 unspecified atom stereocenters. The normalized spacial score (nSPS) is 11.1. The van der Waals surface area contributed by atoms with E-state index in [0.29, 0.717) is 23.6 Å². The molecule has 14 heteroatoms. The molecule has 4 aromatic carbocycles. The maximum atomic E-state index is 13.9. The van der Waals surface area contributed by atoms with Gasteiger partial charge in [0.2, 0.25) is 0 Å². The Morgan fingerprint density at radius 1 is 0.830 bits per heavy atom. The zero-order valence-electron chi connectivity index (χ0n) is 25.8. The number of anilines is 1. The second kappa shape index (κ2) is 16.3. The van der Waals surface area contributed by atoms with E-state index in [0.717, 1.165) is 9.87 Å². The molecule has 0 saturated carbocycles. The third-order valence-electron chi connectivity index (χ3n) is 6.63. The first kappa shape index (κ1) is 34.6. The second-order valence-electron chi connectivity index (χ2n) is 9.76. The number of halogens is 1. The van der Waals surface area contributed by atoms with Crippen LogP contribution in [0.25, 0.3) is 0 Å². The van der Waals surface area contributed by atoms with Crippen molar-refractivity contribution in [2.45, 2.75) is 11.4 Å². The predicted molar refractivity (Wildman–Crippen MR) is 178 cm³/mol. The summed E-state index contributed by atoms with van der Waals surface area (Å²) in [7, 11) is -0.186. The quantitative estimate of drug-likeness (QED) is 0.139. The lowest BCUT2D eigenvalue weighted by Gasteiger charge is -2.25. The van der Waals surface area contributed by atoms with Crippen molar-refractivity contribution in [1.29, 1.82) is 0 Å². The molecule has 0 aliphatic carbocycles. The largest absolute Gasteiger partial charge is 0.495 e. The van der Waals surface area contributed by atoms with Gasteiger partial charge in [0, 0.05) is 17.6 Å². The summed E-state index contributed by atoms with van der Waals surface area (Å²) in [6.07, 6.45) is 1.38. The van der Waals surface area contributed by atoms with Gasteiger partial charge in [-0.15, -0.1) is 0 Å². The Morgan fingerprint density at radius 3 is 2.19 bits per heavy atom. The monoisotopic (exact) mass is 680 g/mol. The molecule has 2 N–H and O–H groups in total. The minimum atomic E-state index is -4.36. The summed E-state index contributed by atoms with van der Waals surface area (Å²) in [4.78, 5) is 25.0. The molecule has 0 saturated heterocycles. The Morgan fingerprint density at radius 2 is 1.51 bits per heavy atom. The summed E-state index contributed by atoms with van der Waals surface area (Å²) in [5, 5.41) is 6.98. The number of hydrazone groups is 1. The number of carbonyl (C=O) groups is 2. The Kier molecular flexibility index (Phi) is 12.0. The number of ether oxygens (including phenoxy) is 4. The van der Waals surface area contributed by atoms with E-state index in [-0.39, 0.29) is 39.6 Å². The molecule has 0 fully saturated rings. The smallest absolute Gasteiger partial charge is 0.265 e. The molecule has 0 aliphatic rings. The van der Waals surface area contributed by atoms with E-state index in [9.17, 15) is 18.0 Å². The van der Waals surface area contributed by atoms with Gasteiger partial charge in [-0.3, -0.25) is 13.9 Å². The molecule has 47 heavy (non-hydrogen) atoms. The number of sulfonamides is 1. The van der Waals surface area contributed by atoms with Crippen LogP contribution in [0, 0.1) is 0 Å². The summed E-state index contributed by atoms with van der Waals surface area (Å²) >= 11 is 6.21. The van der Waals surface area contributed by atoms with Crippen molar-refractivity contribution >= 4 is 45.3 Å². The molecule has 12 nitrogen and oxygen atoms in total. The van der Waals surface area contributed by atoms with E-state index in [1.54, 1.807) is 24.3 Å². The summed E-state index contributed by atoms with van der Waals surface area (Å²) in [6.45, 7) is -0.420. The minimum absolute atomic E-state index is 0.0400. The average molecular weight is 681 g/mol. The van der Waals surface area contributed by atoms with E-state index in [1.165, 1.54) is 63.9 Å². The van der Waals surface area contributed by atoms with Gasteiger partial charge in [0.25, 0.3) is 21.8 Å². The molecule has 0 bridgehead atoms. The summed E-state index contributed by atoms with van der Waals surface area (Å²) in [5.41, 5.74) is 3.98. The molecule has 4 aromatic rings. The molecule has 246 valence electrons. The fourth-order valence-electron chi connectivity index (χ4n) is 4.25. The number of benzene rings is 4. The third-order valence-corrected chi connectivity index (χ3v) is 8.62. The number of carbonyl (C=O) groups excluding carboxylic acids is 2. The maximum Gasteiger partial charge on any atom is 0.265 e. The molecular weight excluding hydrogens is 648 g/mol. The lowest BCUT2D eigenvalue weighted by atomic mass is 10.2. The molecular formula is C33H33ClN4O8S. The van der Waals surface area contributed by atoms with Crippen molar-refractivity contribution in [1.82, 2.24) is 10.7 Å². The van der Waals surface area contributed by atoms with Crippen molar-refractivity contribution in [3.63, 3.8) is 0 Å². The van der Waals surface area contributed by atoms with Crippen molar-refractivity contribution in [3.05, 3.63) is 107 Å². The molecule has 0 aromatic heterocycles. The van der Waals surface area contributed by atoms with Crippen LogP contribution in [0.4, 0.5) is 5.69 Å². The zero-order chi connectivity index (χ0) is 33.8.